The first kappa shape index (κ1) is 13.9. The highest BCUT2D eigenvalue weighted by Crippen LogP contribution is 2.29. The van der Waals surface area contributed by atoms with Crippen LogP contribution < -0.4 is 0 Å². The second-order valence-corrected chi connectivity index (χ2v) is 4.66. The van der Waals surface area contributed by atoms with Crippen molar-refractivity contribution in [3.05, 3.63) is 0 Å². The summed E-state index contributed by atoms with van der Waals surface area (Å²) in [6, 6.07) is 0. The summed E-state index contributed by atoms with van der Waals surface area (Å²) in [4.78, 5) is 0. The second-order valence-electron chi connectivity index (χ2n) is 4.66. The average molecular weight is 202 g/mol. The van der Waals surface area contributed by atoms with Crippen LogP contribution in [0.25, 0.3) is 0 Å². The summed E-state index contributed by atoms with van der Waals surface area (Å²) >= 11 is 0. The van der Waals surface area contributed by atoms with Crippen LogP contribution in [0.2, 0.25) is 0 Å². The second kappa shape index (κ2) is 6.41. The van der Waals surface area contributed by atoms with Gasteiger partial charge in [0.1, 0.15) is 0 Å². The molecule has 2 nitrogen and oxygen atoms in total. The lowest BCUT2D eigenvalue weighted by Gasteiger charge is -2.33. The fourth-order valence-corrected chi connectivity index (χ4v) is 2.17. The third kappa shape index (κ3) is 4.97. The third-order valence-electron chi connectivity index (χ3n) is 2.99. The standard InChI is InChI=1S/C12H26O2/c1-5-7-8-11(6-2)12(4,14)9-10(3)13/h10-11,13-14H,5-9H2,1-4H3. The molecule has 0 aliphatic carbocycles. The zero-order chi connectivity index (χ0) is 11.2. The Morgan fingerprint density at radius 2 is 1.86 bits per heavy atom. The van der Waals surface area contributed by atoms with Crippen molar-refractivity contribution in [3.8, 4) is 0 Å². The Bertz CT molecular complexity index is 141. The molecule has 0 rings (SSSR count). The highest BCUT2D eigenvalue weighted by atomic mass is 16.3. The molecule has 0 heterocycles. The van der Waals surface area contributed by atoms with Crippen molar-refractivity contribution in [1.82, 2.24) is 0 Å². The topological polar surface area (TPSA) is 40.5 Å². The minimum absolute atomic E-state index is 0.317. The van der Waals surface area contributed by atoms with Crippen LogP contribution in [0.3, 0.4) is 0 Å². The van der Waals surface area contributed by atoms with Gasteiger partial charge in [-0.05, 0) is 26.2 Å². The monoisotopic (exact) mass is 202 g/mol. The Balaban J connectivity index is 4.17. The molecule has 0 aliphatic heterocycles. The lowest BCUT2D eigenvalue weighted by Crippen LogP contribution is -2.37. The average Bonchev–Trinajstić information content (AvgIpc) is 2.02. The molecule has 0 saturated heterocycles. The maximum atomic E-state index is 10.2. The molecule has 3 atom stereocenters. The van der Waals surface area contributed by atoms with Crippen LogP contribution >= 0.6 is 0 Å². The highest BCUT2D eigenvalue weighted by molar-refractivity contribution is 4.82. The van der Waals surface area contributed by atoms with Gasteiger partial charge in [-0.1, -0.05) is 33.1 Å². The van der Waals surface area contributed by atoms with Crippen molar-refractivity contribution >= 4 is 0 Å². The van der Waals surface area contributed by atoms with Crippen molar-refractivity contribution < 1.29 is 10.2 Å². The van der Waals surface area contributed by atoms with Crippen molar-refractivity contribution in [2.24, 2.45) is 5.92 Å². The van der Waals surface area contributed by atoms with E-state index in [4.69, 9.17) is 0 Å². The summed E-state index contributed by atoms with van der Waals surface area (Å²) in [6.45, 7) is 7.86. The minimum Gasteiger partial charge on any atom is -0.393 e. The lowest BCUT2D eigenvalue weighted by atomic mass is 9.80. The first-order valence-electron chi connectivity index (χ1n) is 5.84. The molecule has 0 spiro atoms. The zero-order valence-corrected chi connectivity index (χ0v) is 10.1. The van der Waals surface area contributed by atoms with Gasteiger partial charge in [0.05, 0.1) is 11.7 Å². The molecule has 2 N–H and O–H groups in total. The van der Waals surface area contributed by atoms with Gasteiger partial charge in [-0.3, -0.25) is 0 Å². The summed E-state index contributed by atoms with van der Waals surface area (Å²) in [6.07, 6.45) is 4.44. The Labute approximate surface area is 88.3 Å². The van der Waals surface area contributed by atoms with Gasteiger partial charge in [-0.2, -0.15) is 0 Å². The normalized spacial score (nSPS) is 20.1. The van der Waals surface area contributed by atoms with Crippen molar-refractivity contribution in [3.63, 3.8) is 0 Å². The fraction of sp³-hybridized carbons (Fsp3) is 1.00. The number of unbranched alkanes of at least 4 members (excludes halogenated alkanes) is 1. The number of rotatable bonds is 7. The van der Waals surface area contributed by atoms with E-state index >= 15 is 0 Å². The molecule has 0 radical (unpaired) electrons. The van der Waals surface area contributed by atoms with Crippen molar-refractivity contribution in [2.45, 2.75) is 71.5 Å². The molecule has 0 aromatic heterocycles. The predicted molar refractivity (Wildman–Crippen MR) is 60.2 cm³/mol. The summed E-state index contributed by atoms with van der Waals surface area (Å²) in [5, 5.41) is 19.5. The van der Waals surface area contributed by atoms with Crippen LogP contribution in [0.5, 0.6) is 0 Å². The summed E-state index contributed by atoms with van der Waals surface area (Å²) < 4.78 is 0. The fourth-order valence-electron chi connectivity index (χ4n) is 2.17. The largest absolute Gasteiger partial charge is 0.393 e. The molecule has 86 valence electrons. The number of hydrogen-bond donors (Lipinski definition) is 2. The number of aliphatic hydroxyl groups is 2. The summed E-state index contributed by atoms with van der Waals surface area (Å²) in [5.74, 6) is 0.317. The molecule has 3 unspecified atom stereocenters. The number of aliphatic hydroxyl groups excluding tert-OH is 1. The van der Waals surface area contributed by atoms with Gasteiger partial charge in [-0.15, -0.1) is 0 Å². The van der Waals surface area contributed by atoms with Crippen molar-refractivity contribution in [1.29, 1.82) is 0 Å². The third-order valence-corrected chi connectivity index (χ3v) is 2.99. The maximum Gasteiger partial charge on any atom is 0.0672 e. The Hall–Kier alpha value is -0.0800. The summed E-state index contributed by atoms with van der Waals surface area (Å²) in [5.41, 5.74) is -0.710. The van der Waals surface area contributed by atoms with Crippen LogP contribution in [0.15, 0.2) is 0 Å². The molecular weight excluding hydrogens is 176 g/mol. The maximum absolute atomic E-state index is 10.2. The van der Waals surface area contributed by atoms with E-state index in [2.05, 4.69) is 13.8 Å². The van der Waals surface area contributed by atoms with E-state index in [0.717, 1.165) is 19.3 Å². The van der Waals surface area contributed by atoms with Gasteiger partial charge >= 0.3 is 0 Å². The van der Waals surface area contributed by atoms with E-state index < -0.39 is 11.7 Å². The lowest BCUT2D eigenvalue weighted by molar-refractivity contribution is -0.0426. The van der Waals surface area contributed by atoms with Gasteiger partial charge in [0.2, 0.25) is 0 Å². The quantitative estimate of drug-likeness (QED) is 0.666. The highest BCUT2D eigenvalue weighted by Gasteiger charge is 2.31. The molecule has 0 aromatic carbocycles. The predicted octanol–water partition coefficient (Wildman–Crippen LogP) is 2.72. The van der Waals surface area contributed by atoms with E-state index in [1.54, 1.807) is 6.92 Å². The molecule has 2 heteroatoms. The Morgan fingerprint density at radius 3 is 2.21 bits per heavy atom. The van der Waals surface area contributed by atoms with E-state index in [9.17, 15) is 10.2 Å². The Kier molecular flexibility index (Phi) is 6.38. The first-order chi connectivity index (χ1) is 6.44. The van der Waals surface area contributed by atoms with Gasteiger partial charge in [-0.25, -0.2) is 0 Å². The Morgan fingerprint density at radius 1 is 1.29 bits per heavy atom. The van der Waals surface area contributed by atoms with E-state index in [1.165, 1.54) is 6.42 Å². The number of hydrogen-bond acceptors (Lipinski definition) is 2. The van der Waals surface area contributed by atoms with Gasteiger partial charge in [0.25, 0.3) is 0 Å². The molecule has 0 fully saturated rings. The van der Waals surface area contributed by atoms with Gasteiger partial charge < -0.3 is 10.2 Å². The molecule has 0 aromatic rings. The first-order valence-corrected chi connectivity index (χ1v) is 5.84. The van der Waals surface area contributed by atoms with E-state index in [0.29, 0.717) is 12.3 Å². The zero-order valence-electron chi connectivity index (χ0n) is 10.1. The molecule has 14 heavy (non-hydrogen) atoms. The summed E-state index contributed by atoms with van der Waals surface area (Å²) in [7, 11) is 0. The molecule has 0 amide bonds. The van der Waals surface area contributed by atoms with Crippen LogP contribution in [0.4, 0.5) is 0 Å². The molecular formula is C12H26O2. The van der Waals surface area contributed by atoms with Crippen LogP contribution in [0.1, 0.15) is 59.8 Å². The molecule has 0 bridgehead atoms. The van der Waals surface area contributed by atoms with E-state index in [-0.39, 0.29) is 0 Å². The minimum atomic E-state index is -0.710. The molecule has 0 aliphatic rings. The van der Waals surface area contributed by atoms with Crippen LogP contribution in [-0.2, 0) is 0 Å². The van der Waals surface area contributed by atoms with Gasteiger partial charge in [0, 0.05) is 6.42 Å². The van der Waals surface area contributed by atoms with Gasteiger partial charge in [0.15, 0.2) is 0 Å². The molecule has 0 saturated carbocycles. The van der Waals surface area contributed by atoms with Crippen molar-refractivity contribution in [2.75, 3.05) is 0 Å². The smallest absolute Gasteiger partial charge is 0.0672 e. The van der Waals surface area contributed by atoms with Crippen LogP contribution in [0, 0.1) is 5.92 Å². The SMILES string of the molecule is CCCCC(CC)C(C)(O)CC(C)O. The van der Waals surface area contributed by atoms with Crippen LogP contribution in [-0.4, -0.2) is 21.9 Å². The van der Waals surface area contributed by atoms with E-state index in [1.807, 2.05) is 6.92 Å².